The summed E-state index contributed by atoms with van der Waals surface area (Å²) in [6, 6.07) is 7.74. The maximum absolute atomic E-state index is 12.0. The second-order valence-electron chi connectivity index (χ2n) is 5.38. The van der Waals surface area contributed by atoms with Gasteiger partial charge in [-0.3, -0.25) is 4.79 Å². The van der Waals surface area contributed by atoms with Gasteiger partial charge in [0.1, 0.15) is 11.5 Å². The number of rotatable bonds is 4. The van der Waals surface area contributed by atoms with Gasteiger partial charge in [-0.2, -0.15) is 0 Å². The highest BCUT2D eigenvalue weighted by atomic mass is 32.2. The zero-order chi connectivity index (χ0) is 15.5. The minimum absolute atomic E-state index is 0.0159. The summed E-state index contributed by atoms with van der Waals surface area (Å²) in [5.41, 5.74) is 0.904. The average molecular weight is 317 g/mol. The number of methoxy groups -OCH3 is 1. The van der Waals surface area contributed by atoms with Crippen LogP contribution in [0.3, 0.4) is 0 Å². The highest BCUT2D eigenvalue weighted by Gasteiger charge is 2.26. The van der Waals surface area contributed by atoms with Crippen molar-refractivity contribution in [3.05, 3.63) is 24.3 Å². The summed E-state index contributed by atoms with van der Waals surface area (Å²) in [6.07, 6.45) is 3.75. The largest absolute Gasteiger partial charge is 0.496 e. The number of hydrogen-bond acceptors (Lipinski definition) is 5. The molecule has 0 spiro atoms. The third-order valence-corrected chi connectivity index (χ3v) is 5.28. The van der Waals surface area contributed by atoms with Gasteiger partial charge in [-0.1, -0.05) is 30.3 Å². The Morgan fingerprint density at radius 3 is 2.86 bits per heavy atom. The minimum Gasteiger partial charge on any atom is -0.496 e. The van der Waals surface area contributed by atoms with Gasteiger partial charge in [0, 0.05) is 13.5 Å². The predicted octanol–water partition coefficient (Wildman–Crippen LogP) is 3.09. The molecule has 1 saturated carbocycles. The summed E-state index contributed by atoms with van der Waals surface area (Å²) in [5.74, 6) is 1.85. The summed E-state index contributed by atoms with van der Waals surface area (Å²) in [7, 11) is 3.57. The van der Waals surface area contributed by atoms with E-state index in [0.29, 0.717) is 12.2 Å². The number of carbonyl (C=O) groups is 1. The molecule has 1 aliphatic rings. The molecule has 1 heterocycles. The molecule has 0 aliphatic heterocycles. The van der Waals surface area contributed by atoms with Crippen LogP contribution in [0.15, 0.2) is 29.4 Å². The SMILES string of the molecule is COc1ccccc1-c1nnc(SC2CCCCC2=O)n1C. The van der Waals surface area contributed by atoms with Gasteiger partial charge in [0.25, 0.3) is 0 Å². The normalized spacial score (nSPS) is 18.5. The van der Waals surface area contributed by atoms with Crippen LogP contribution in [0.5, 0.6) is 5.75 Å². The van der Waals surface area contributed by atoms with Gasteiger partial charge in [-0.05, 0) is 25.0 Å². The number of benzene rings is 1. The lowest BCUT2D eigenvalue weighted by Gasteiger charge is -2.19. The lowest BCUT2D eigenvalue weighted by Crippen LogP contribution is -2.21. The van der Waals surface area contributed by atoms with E-state index in [1.165, 1.54) is 11.8 Å². The zero-order valence-electron chi connectivity index (χ0n) is 12.8. The quantitative estimate of drug-likeness (QED) is 0.867. The van der Waals surface area contributed by atoms with Crippen molar-refractivity contribution >= 4 is 17.5 Å². The first-order chi connectivity index (χ1) is 10.7. The third-order valence-electron chi connectivity index (χ3n) is 3.93. The maximum atomic E-state index is 12.0. The third kappa shape index (κ3) is 2.88. The van der Waals surface area contributed by atoms with Crippen LogP contribution in [0.1, 0.15) is 25.7 Å². The highest BCUT2D eigenvalue weighted by molar-refractivity contribution is 8.00. The van der Waals surface area contributed by atoms with E-state index in [4.69, 9.17) is 4.74 Å². The highest BCUT2D eigenvalue weighted by Crippen LogP contribution is 2.34. The topological polar surface area (TPSA) is 57.0 Å². The Morgan fingerprint density at radius 1 is 1.27 bits per heavy atom. The van der Waals surface area contributed by atoms with Crippen LogP contribution in [-0.2, 0) is 11.8 Å². The molecular formula is C16H19N3O2S. The van der Waals surface area contributed by atoms with Crippen LogP contribution in [-0.4, -0.2) is 32.9 Å². The van der Waals surface area contributed by atoms with E-state index in [0.717, 1.165) is 41.6 Å². The summed E-state index contributed by atoms with van der Waals surface area (Å²) in [6.45, 7) is 0. The van der Waals surface area contributed by atoms with Crippen molar-refractivity contribution in [2.75, 3.05) is 7.11 Å². The lowest BCUT2D eigenvalue weighted by atomic mass is 9.99. The number of nitrogens with zero attached hydrogens (tertiary/aromatic N) is 3. The molecule has 1 atom stereocenters. The first-order valence-electron chi connectivity index (χ1n) is 7.43. The van der Waals surface area contributed by atoms with Crippen molar-refractivity contribution in [3.63, 3.8) is 0 Å². The van der Waals surface area contributed by atoms with Crippen LogP contribution < -0.4 is 4.74 Å². The molecule has 0 radical (unpaired) electrons. The van der Waals surface area contributed by atoms with E-state index < -0.39 is 0 Å². The summed E-state index contributed by atoms with van der Waals surface area (Å²) in [5, 5.41) is 9.34. The fraction of sp³-hybridized carbons (Fsp3) is 0.438. The van der Waals surface area contributed by atoms with Crippen molar-refractivity contribution in [1.29, 1.82) is 0 Å². The second-order valence-corrected chi connectivity index (χ2v) is 6.55. The molecule has 3 rings (SSSR count). The second kappa shape index (κ2) is 6.52. The van der Waals surface area contributed by atoms with Crippen molar-refractivity contribution in [3.8, 4) is 17.1 Å². The molecule has 1 fully saturated rings. The Bertz CT molecular complexity index is 684. The number of carbonyl (C=O) groups excluding carboxylic acids is 1. The molecule has 0 amide bonds. The molecule has 1 aromatic carbocycles. The van der Waals surface area contributed by atoms with Gasteiger partial charge < -0.3 is 9.30 Å². The molecule has 22 heavy (non-hydrogen) atoms. The van der Waals surface area contributed by atoms with Crippen LogP contribution >= 0.6 is 11.8 Å². The van der Waals surface area contributed by atoms with E-state index in [1.54, 1.807) is 7.11 Å². The fourth-order valence-corrected chi connectivity index (χ4v) is 3.81. The maximum Gasteiger partial charge on any atom is 0.191 e. The van der Waals surface area contributed by atoms with Crippen LogP contribution in [0.2, 0.25) is 0 Å². The van der Waals surface area contributed by atoms with Crippen LogP contribution in [0, 0.1) is 0 Å². The minimum atomic E-state index is 0.0159. The Kier molecular flexibility index (Phi) is 4.47. The van der Waals surface area contributed by atoms with Gasteiger partial charge >= 0.3 is 0 Å². The zero-order valence-corrected chi connectivity index (χ0v) is 13.6. The number of aromatic nitrogens is 3. The monoisotopic (exact) mass is 317 g/mol. The molecule has 0 N–H and O–H groups in total. The average Bonchev–Trinajstić information content (AvgIpc) is 2.90. The first kappa shape index (κ1) is 15.1. The Balaban J connectivity index is 1.87. The van der Waals surface area contributed by atoms with Gasteiger partial charge in [0.05, 0.1) is 17.9 Å². The Morgan fingerprint density at radius 2 is 2.09 bits per heavy atom. The summed E-state index contributed by atoms with van der Waals surface area (Å²) in [4.78, 5) is 12.0. The molecule has 0 bridgehead atoms. The smallest absolute Gasteiger partial charge is 0.191 e. The van der Waals surface area contributed by atoms with E-state index in [9.17, 15) is 4.79 Å². The fourth-order valence-electron chi connectivity index (χ4n) is 2.68. The van der Waals surface area contributed by atoms with Gasteiger partial charge in [0.15, 0.2) is 11.0 Å². The molecule has 1 aliphatic carbocycles. The van der Waals surface area contributed by atoms with E-state index in [1.807, 2.05) is 35.9 Å². The Hall–Kier alpha value is -1.82. The Labute approximate surface area is 134 Å². The molecule has 6 heteroatoms. The number of ketones is 1. The van der Waals surface area contributed by atoms with Gasteiger partial charge in [-0.25, -0.2) is 0 Å². The molecule has 1 unspecified atom stereocenters. The standard InChI is InChI=1S/C16H19N3O2S/c1-19-15(11-7-3-5-9-13(11)21-2)17-18-16(19)22-14-10-6-4-8-12(14)20/h3,5,7,9,14H,4,6,8,10H2,1-2H3. The van der Waals surface area contributed by atoms with E-state index >= 15 is 0 Å². The van der Waals surface area contributed by atoms with E-state index in [-0.39, 0.29) is 5.25 Å². The first-order valence-corrected chi connectivity index (χ1v) is 8.31. The van der Waals surface area contributed by atoms with Crippen molar-refractivity contribution in [2.24, 2.45) is 7.05 Å². The molecule has 2 aromatic rings. The van der Waals surface area contributed by atoms with Crippen LogP contribution in [0.25, 0.3) is 11.4 Å². The lowest BCUT2D eigenvalue weighted by molar-refractivity contribution is -0.119. The molecular weight excluding hydrogens is 298 g/mol. The van der Waals surface area contributed by atoms with E-state index in [2.05, 4.69) is 10.2 Å². The summed E-state index contributed by atoms with van der Waals surface area (Å²) >= 11 is 1.53. The number of hydrogen-bond donors (Lipinski definition) is 0. The number of ether oxygens (including phenoxy) is 1. The summed E-state index contributed by atoms with van der Waals surface area (Å²) < 4.78 is 7.32. The van der Waals surface area contributed by atoms with Gasteiger partial charge in [-0.15, -0.1) is 10.2 Å². The number of thioether (sulfide) groups is 1. The number of Topliss-reactive ketones (excluding diaryl/α,β-unsaturated/α-hetero) is 1. The molecule has 1 aromatic heterocycles. The van der Waals surface area contributed by atoms with Crippen molar-refractivity contribution in [2.45, 2.75) is 36.1 Å². The molecule has 116 valence electrons. The van der Waals surface area contributed by atoms with Gasteiger partial charge in [0.2, 0.25) is 0 Å². The molecule has 0 saturated heterocycles. The van der Waals surface area contributed by atoms with Crippen molar-refractivity contribution in [1.82, 2.24) is 14.8 Å². The molecule has 5 nitrogen and oxygen atoms in total. The van der Waals surface area contributed by atoms with Crippen LogP contribution in [0.4, 0.5) is 0 Å². The predicted molar refractivity (Wildman–Crippen MR) is 86.1 cm³/mol. The van der Waals surface area contributed by atoms with Crippen molar-refractivity contribution < 1.29 is 9.53 Å². The number of para-hydroxylation sites is 1.